The van der Waals surface area contributed by atoms with Gasteiger partial charge < -0.3 is 10.1 Å². The third-order valence-electron chi connectivity index (χ3n) is 4.14. The molecule has 1 amide bonds. The van der Waals surface area contributed by atoms with Gasteiger partial charge in [-0.2, -0.15) is 0 Å². The fraction of sp³-hybridized carbons (Fsp3) is 0.278. The second-order valence-corrected chi connectivity index (χ2v) is 9.08. The molecule has 0 spiro atoms. The van der Waals surface area contributed by atoms with Crippen LogP contribution in [0.25, 0.3) is 0 Å². The number of hydrogen-bond acceptors (Lipinski definition) is 4. The summed E-state index contributed by atoms with van der Waals surface area (Å²) in [6.07, 6.45) is 0.133. The topological polar surface area (TPSA) is 75.7 Å². The zero-order valence-corrected chi connectivity index (χ0v) is 17.0. The first kappa shape index (κ1) is 19.8. The van der Waals surface area contributed by atoms with Gasteiger partial charge in [-0.3, -0.25) is 9.10 Å². The van der Waals surface area contributed by atoms with Crippen molar-refractivity contribution in [2.45, 2.75) is 19.6 Å². The van der Waals surface area contributed by atoms with Crippen LogP contribution in [0.3, 0.4) is 0 Å². The van der Waals surface area contributed by atoms with Crippen molar-refractivity contribution in [3.63, 3.8) is 0 Å². The number of hydrogen-bond donors (Lipinski definition) is 1. The fourth-order valence-corrected chi connectivity index (χ4v) is 4.15. The normalized spacial score (nSPS) is 16.4. The van der Waals surface area contributed by atoms with E-state index in [0.29, 0.717) is 27.0 Å². The first-order valence-electron chi connectivity index (χ1n) is 8.12. The van der Waals surface area contributed by atoms with Gasteiger partial charge in [-0.25, -0.2) is 8.42 Å². The molecule has 2 aromatic carbocycles. The number of ether oxygens (including phenoxy) is 1. The van der Waals surface area contributed by atoms with Crippen molar-refractivity contribution >= 4 is 44.8 Å². The highest BCUT2D eigenvalue weighted by atomic mass is 35.5. The van der Waals surface area contributed by atoms with Crippen molar-refractivity contribution in [3.8, 4) is 5.75 Å². The number of rotatable bonds is 4. The number of carbonyl (C=O) groups excluding carboxylic acids is 1. The molecule has 1 atom stereocenters. The molecule has 0 saturated carbocycles. The van der Waals surface area contributed by atoms with E-state index >= 15 is 0 Å². The van der Waals surface area contributed by atoms with E-state index in [9.17, 15) is 13.2 Å². The van der Waals surface area contributed by atoms with Crippen LogP contribution < -0.4 is 14.4 Å². The first-order chi connectivity index (χ1) is 12.6. The van der Waals surface area contributed by atoms with Crippen LogP contribution in [0.5, 0.6) is 5.75 Å². The average molecular weight is 429 g/mol. The van der Waals surface area contributed by atoms with E-state index < -0.39 is 22.0 Å². The van der Waals surface area contributed by atoms with E-state index in [2.05, 4.69) is 5.32 Å². The second-order valence-electron chi connectivity index (χ2n) is 6.33. The zero-order chi connectivity index (χ0) is 19.8. The molecule has 0 aliphatic carbocycles. The Morgan fingerprint density at radius 2 is 2.00 bits per heavy atom. The lowest BCUT2D eigenvalue weighted by Gasteiger charge is -2.34. The summed E-state index contributed by atoms with van der Waals surface area (Å²) in [6, 6.07) is 10.2. The van der Waals surface area contributed by atoms with Crippen LogP contribution >= 0.6 is 23.2 Å². The van der Waals surface area contributed by atoms with Gasteiger partial charge in [-0.05, 0) is 42.3 Å². The molecular formula is C18H18Cl2N2O4S. The smallest absolute Gasteiger partial charge is 0.263 e. The van der Waals surface area contributed by atoms with Crippen LogP contribution in [-0.2, 0) is 21.4 Å². The van der Waals surface area contributed by atoms with Gasteiger partial charge in [0.15, 0.2) is 6.10 Å². The molecule has 0 saturated heterocycles. The molecule has 9 heteroatoms. The highest BCUT2D eigenvalue weighted by molar-refractivity contribution is 7.92. The van der Waals surface area contributed by atoms with Crippen LogP contribution in [0.1, 0.15) is 11.1 Å². The number of carbonyl (C=O) groups is 1. The Hall–Kier alpha value is -1.96. The van der Waals surface area contributed by atoms with E-state index in [1.165, 1.54) is 4.31 Å². The van der Waals surface area contributed by atoms with Crippen LogP contribution in [0.2, 0.25) is 10.0 Å². The number of benzene rings is 2. The van der Waals surface area contributed by atoms with Gasteiger partial charge >= 0.3 is 0 Å². The summed E-state index contributed by atoms with van der Waals surface area (Å²) in [5.41, 5.74) is 2.02. The largest absolute Gasteiger partial charge is 0.476 e. The predicted octanol–water partition coefficient (Wildman–Crippen LogP) is 3.15. The predicted molar refractivity (Wildman–Crippen MR) is 106 cm³/mol. The highest BCUT2D eigenvalue weighted by Crippen LogP contribution is 2.35. The van der Waals surface area contributed by atoms with Crippen molar-refractivity contribution in [2.75, 3.05) is 17.1 Å². The third kappa shape index (κ3) is 4.48. The Balaban J connectivity index is 1.78. The van der Waals surface area contributed by atoms with Crippen molar-refractivity contribution < 1.29 is 17.9 Å². The summed E-state index contributed by atoms with van der Waals surface area (Å²) in [5.74, 6) is -0.0807. The lowest BCUT2D eigenvalue weighted by molar-refractivity contribution is -0.127. The average Bonchev–Trinajstić information content (AvgIpc) is 2.59. The summed E-state index contributed by atoms with van der Waals surface area (Å²) in [6.45, 7) is 1.93. The van der Waals surface area contributed by atoms with E-state index in [0.717, 1.165) is 11.8 Å². The number of sulfonamides is 1. The van der Waals surface area contributed by atoms with E-state index in [4.69, 9.17) is 27.9 Å². The molecule has 0 aromatic heterocycles. The summed E-state index contributed by atoms with van der Waals surface area (Å²) < 4.78 is 31.3. The molecule has 6 nitrogen and oxygen atoms in total. The first-order valence-corrected chi connectivity index (χ1v) is 10.7. The summed E-state index contributed by atoms with van der Waals surface area (Å²) >= 11 is 12.0. The lowest BCUT2D eigenvalue weighted by Crippen LogP contribution is -2.50. The molecule has 1 heterocycles. The minimum atomic E-state index is -3.56. The standard InChI is InChI=1S/C18H18Cl2N2O4S/c1-11-3-6-16-15(7-11)22(27(2,24)25)10-17(26-16)18(23)21-9-12-4-5-13(19)8-14(12)20/h3-8,17H,9-10H2,1-2H3,(H,21,23)/t17-/m0/s1. The number of nitrogens with one attached hydrogen (secondary N) is 1. The monoisotopic (exact) mass is 428 g/mol. The van der Waals surface area contributed by atoms with E-state index in [1.807, 2.05) is 6.92 Å². The van der Waals surface area contributed by atoms with Gasteiger partial charge in [0, 0.05) is 16.6 Å². The van der Waals surface area contributed by atoms with Crippen LogP contribution in [-0.4, -0.2) is 33.2 Å². The molecular weight excluding hydrogens is 411 g/mol. The summed E-state index contributed by atoms with van der Waals surface area (Å²) in [4.78, 5) is 12.6. The number of aryl methyl sites for hydroxylation is 1. The molecule has 2 aromatic rings. The molecule has 0 unspecified atom stereocenters. The molecule has 0 radical (unpaired) electrons. The zero-order valence-electron chi connectivity index (χ0n) is 14.7. The SMILES string of the molecule is Cc1ccc2c(c1)N(S(C)(=O)=O)C[C@@H](C(=O)NCc1ccc(Cl)cc1Cl)O2. The summed E-state index contributed by atoms with van der Waals surface area (Å²) in [5, 5.41) is 3.67. The van der Waals surface area contributed by atoms with Gasteiger partial charge in [-0.15, -0.1) is 0 Å². The molecule has 0 fully saturated rings. The van der Waals surface area contributed by atoms with Crippen LogP contribution in [0.15, 0.2) is 36.4 Å². The van der Waals surface area contributed by atoms with Gasteiger partial charge in [0.2, 0.25) is 10.0 Å². The maximum absolute atomic E-state index is 12.6. The van der Waals surface area contributed by atoms with Crippen LogP contribution in [0.4, 0.5) is 5.69 Å². The number of amides is 1. The molecule has 0 bridgehead atoms. The lowest BCUT2D eigenvalue weighted by atomic mass is 10.1. The van der Waals surface area contributed by atoms with Crippen molar-refractivity contribution in [3.05, 3.63) is 57.6 Å². The maximum Gasteiger partial charge on any atom is 0.263 e. The van der Waals surface area contributed by atoms with Crippen molar-refractivity contribution in [1.29, 1.82) is 0 Å². The Bertz CT molecular complexity index is 995. The quantitative estimate of drug-likeness (QED) is 0.811. The summed E-state index contributed by atoms with van der Waals surface area (Å²) in [7, 11) is -3.56. The third-order valence-corrected chi connectivity index (χ3v) is 5.88. The van der Waals surface area contributed by atoms with Crippen LogP contribution in [0, 0.1) is 6.92 Å². The van der Waals surface area contributed by atoms with Gasteiger partial charge in [-0.1, -0.05) is 35.3 Å². The van der Waals surface area contributed by atoms with Crippen molar-refractivity contribution in [2.24, 2.45) is 0 Å². The molecule has 27 heavy (non-hydrogen) atoms. The number of fused-ring (bicyclic) bond motifs is 1. The fourth-order valence-electron chi connectivity index (χ4n) is 2.77. The van der Waals surface area contributed by atoms with Gasteiger partial charge in [0.25, 0.3) is 5.91 Å². The second kappa shape index (κ2) is 7.58. The molecule has 1 N–H and O–H groups in total. The van der Waals surface area contributed by atoms with Gasteiger partial charge in [0.05, 0.1) is 18.5 Å². The molecule has 1 aliphatic heterocycles. The minimum Gasteiger partial charge on any atom is -0.476 e. The van der Waals surface area contributed by atoms with Gasteiger partial charge in [0.1, 0.15) is 5.75 Å². The number of nitrogens with zero attached hydrogens (tertiary/aromatic N) is 1. The maximum atomic E-state index is 12.6. The van der Waals surface area contributed by atoms with Crippen molar-refractivity contribution in [1.82, 2.24) is 5.32 Å². The molecule has 3 rings (SSSR count). The number of anilines is 1. The minimum absolute atomic E-state index is 0.102. The Morgan fingerprint density at radius 1 is 1.26 bits per heavy atom. The Labute approximate surface area is 168 Å². The highest BCUT2D eigenvalue weighted by Gasteiger charge is 2.35. The van der Waals surface area contributed by atoms with E-state index in [-0.39, 0.29) is 13.1 Å². The Kier molecular flexibility index (Phi) is 5.55. The number of halogens is 2. The molecule has 1 aliphatic rings. The Morgan fingerprint density at radius 3 is 2.67 bits per heavy atom. The van der Waals surface area contributed by atoms with E-state index in [1.54, 1.807) is 36.4 Å². The molecule has 144 valence electrons.